The monoisotopic (exact) mass is 428 g/mol. The number of hydrogen-bond acceptors (Lipinski definition) is 4. The van der Waals surface area contributed by atoms with E-state index in [0.29, 0.717) is 17.5 Å². The van der Waals surface area contributed by atoms with Gasteiger partial charge in [-0.3, -0.25) is 9.59 Å². The van der Waals surface area contributed by atoms with Crippen molar-refractivity contribution in [3.63, 3.8) is 0 Å². The summed E-state index contributed by atoms with van der Waals surface area (Å²) in [5.74, 6) is -0.403. The Morgan fingerprint density at radius 2 is 1.85 bits per heavy atom. The van der Waals surface area contributed by atoms with Crippen LogP contribution in [-0.2, 0) is 0 Å². The summed E-state index contributed by atoms with van der Waals surface area (Å²) in [4.78, 5) is 26.9. The van der Waals surface area contributed by atoms with Gasteiger partial charge in [0.05, 0.1) is 11.4 Å². The summed E-state index contributed by atoms with van der Waals surface area (Å²) in [6.45, 7) is 2.44. The highest BCUT2D eigenvalue weighted by Gasteiger charge is 2.18. The molecule has 1 amide bonds. The predicted octanol–water partition coefficient (Wildman–Crippen LogP) is 3.90. The number of likely N-dealkylation sites (N-methyl/N-ethyl adjacent to an activating group) is 1. The lowest BCUT2D eigenvalue weighted by Gasteiger charge is -2.25. The normalized spacial score (nSPS) is 12.3. The molecule has 0 radical (unpaired) electrons. The molecule has 1 atom stereocenters. The number of benzene rings is 2. The molecule has 0 aliphatic heterocycles. The maximum atomic E-state index is 12.6. The molecule has 27 heavy (non-hydrogen) atoms. The van der Waals surface area contributed by atoms with Crippen molar-refractivity contribution in [2.75, 3.05) is 20.6 Å². The Kier molecular flexibility index (Phi) is 5.77. The molecule has 0 saturated heterocycles. The molecular weight excluding hydrogens is 408 g/mol. The van der Waals surface area contributed by atoms with Crippen LogP contribution in [0, 0.1) is 6.92 Å². The second-order valence-corrected chi connectivity index (χ2v) is 7.63. The van der Waals surface area contributed by atoms with E-state index in [0.717, 1.165) is 10.0 Å². The minimum absolute atomic E-state index is 0.00649. The Labute approximate surface area is 166 Å². The Hall–Kier alpha value is -2.44. The molecule has 0 spiro atoms. The molecule has 0 unspecified atom stereocenters. The van der Waals surface area contributed by atoms with Crippen molar-refractivity contribution in [3.05, 3.63) is 80.1 Å². The van der Waals surface area contributed by atoms with Gasteiger partial charge in [-0.05, 0) is 44.8 Å². The summed E-state index contributed by atoms with van der Waals surface area (Å²) in [5, 5.41) is 3.32. The zero-order valence-corrected chi connectivity index (χ0v) is 17.0. The van der Waals surface area contributed by atoms with Gasteiger partial charge in [0, 0.05) is 17.1 Å². The Morgan fingerprint density at radius 3 is 2.52 bits per heavy atom. The second-order valence-electron chi connectivity index (χ2n) is 6.72. The van der Waals surface area contributed by atoms with Gasteiger partial charge in [-0.2, -0.15) is 0 Å². The lowest BCUT2D eigenvalue weighted by atomic mass is 10.0. The fraction of sp³-hybridized carbons (Fsp3) is 0.238. The number of rotatable bonds is 5. The summed E-state index contributed by atoms with van der Waals surface area (Å²) in [6.07, 6.45) is 0. The van der Waals surface area contributed by atoms with Gasteiger partial charge in [-0.25, -0.2) is 0 Å². The number of carbonyl (C=O) groups excluding carboxylic acids is 1. The Balaban J connectivity index is 1.81. The second kappa shape index (κ2) is 8.06. The van der Waals surface area contributed by atoms with Crippen LogP contribution in [0.15, 0.2) is 62.2 Å². The molecule has 1 aromatic heterocycles. The van der Waals surface area contributed by atoms with Crippen LogP contribution in [0.5, 0.6) is 0 Å². The average Bonchev–Trinajstić information content (AvgIpc) is 2.62. The number of halogens is 1. The number of carbonyl (C=O) groups is 1. The highest BCUT2D eigenvalue weighted by atomic mass is 79.9. The summed E-state index contributed by atoms with van der Waals surface area (Å²) >= 11 is 3.35. The van der Waals surface area contributed by atoms with E-state index in [1.165, 1.54) is 11.6 Å². The molecule has 1 heterocycles. The largest absolute Gasteiger partial charge is 0.451 e. The number of hydrogen-bond donors (Lipinski definition) is 1. The quantitative estimate of drug-likeness (QED) is 0.669. The third-order valence-corrected chi connectivity index (χ3v) is 4.95. The first-order valence-electron chi connectivity index (χ1n) is 8.60. The number of nitrogens with one attached hydrogen (secondary N) is 1. The minimum atomic E-state index is -0.409. The van der Waals surface area contributed by atoms with Gasteiger partial charge >= 0.3 is 0 Å². The molecule has 0 bridgehead atoms. The van der Waals surface area contributed by atoms with E-state index >= 15 is 0 Å². The van der Waals surface area contributed by atoms with E-state index in [1.54, 1.807) is 18.2 Å². The van der Waals surface area contributed by atoms with Crippen LogP contribution < -0.4 is 10.7 Å². The highest BCUT2D eigenvalue weighted by Crippen LogP contribution is 2.20. The van der Waals surface area contributed by atoms with Crippen LogP contribution in [0.2, 0.25) is 0 Å². The first-order chi connectivity index (χ1) is 12.8. The van der Waals surface area contributed by atoms with Crippen molar-refractivity contribution in [3.8, 4) is 0 Å². The van der Waals surface area contributed by atoms with Crippen molar-refractivity contribution in [1.82, 2.24) is 10.2 Å². The van der Waals surface area contributed by atoms with E-state index in [2.05, 4.69) is 33.4 Å². The zero-order chi connectivity index (χ0) is 19.6. The average molecular weight is 429 g/mol. The molecule has 3 rings (SSSR count). The molecule has 0 fully saturated rings. The molecule has 2 aromatic carbocycles. The third kappa shape index (κ3) is 4.46. The molecule has 0 saturated carbocycles. The van der Waals surface area contributed by atoms with Crippen molar-refractivity contribution in [2.24, 2.45) is 0 Å². The number of nitrogens with zero attached hydrogens (tertiary/aromatic N) is 1. The van der Waals surface area contributed by atoms with Crippen molar-refractivity contribution in [2.45, 2.75) is 13.0 Å². The fourth-order valence-corrected chi connectivity index (χ4v) is 3.24. The van der Waals surface area contributed by atoms with Gasteiger partial charge in [0.1, 0.15) is 5.58 Å². The predicted molar refractivity (Wildman–Crippen MR) is 110 cm³/mol. The molecule has 140 valence electrons. The summed E-state index contributed by atoms with van der Waals surface area (Å²) in [7, 11) is 3.93. The molecule has 0 aliphatic carbocycles. The summed E-state index contributed by atoms with van der Waals surface area (Å²) in [5.41, 5.74) is 2.43. The summed E-state index contributed by atoms with van der Waals surface area (Å²) < 4.78 is 6.42. The molecule has 5 nitrogen and oxygen atoms in total. The van der Waals surface area contributed by atoms with Crippen LogP contribution in [0.1, 0.15) is 27.7 Å². The van der Waals surface area contributed by atoms with Crippen LogP contribution in [0.25, 0.3) is 11.0 Å². The zero-order valence-electron chi connectivity index (χ0n) is 15.5. The molecule has 1 N–H and O–H groups in total. The molecule has 6 heteroatoms. The van der Waals surface area contributed by atoms with E-state index in [1.807, 2.05) is 38.1 Å². The van der Waals surface area contributed by atoms with Gasteiger partial charge in [0.15, 0.2) is 11.2 Å². The number of aryl methyl sites for hydroxylation is 1. The van der Waals surface area contributed by atoms with E-state index < -0.39 is 5.91 Å². The summed E-state index contributed by atoms with van der Waals surface area (Å²) in [6, 6.07) is 14.6. The minimum Gasteiger partial charge on any atom is -0.451 e. The fourth-order valence-electron chi connectivity index (χ4n) is 2.90. The first kappa shape index (κ1) is 19.3. The maximum absolute atomic E-state index is 12.6. The van der Waals surface area contributed by atoms with Crippen LogP contribution >= 0.6 is 15.9 Å². The van der Waals surface area contributed by atoms with E-state index in [4.69, 9.17) is 4.42 Å². The van der Waals surface area contributed by atoms with Gasteiger partial charge in [-0.1, -0.05) is 45.8 Å². The van der Waals surface area contributed by atoms with Crippen molar-refractivity contribution >= 4 is 32.8 Å². The van der Waals surface area contributed by atoms with Gasteiger partial charge in [0.25, 0.3) is 5.91 Å². The van der Waals surface area contributed by atoms with Crippen molar-refractivity contribution in [1.29, 1.82) is 0 Å². The molecular formula is C21H21BrN2O3. The maximum Gasteiger partial charge on any atom is 0.287 e. The standard InChI is InChI=1S/C21H21BrN2O3/c1-13-4-6-14(7-5-13)17(24(2)3)12-23-21(26)20-11-18(25)16-9-8-15(22)10-19(16)27-20/h4-11,17H,12H2,1-3H3,(H,23,26)/t17-/m1/s1. The molecule has 0 aliphatic rings. The third-order valence-electron chi connectivity index (χ3n) is 4.46. The van der Waals surface area contributed by atoms with Gasteiger partial charge < -0.3 is 14.6 Å². The highest BCUT2D eigenvalue weighted by molar-refractivity contribution is 9.10. The number of fused-ring (bicyclic) bond motifs is 1. The van der Waals surface area contributed by atoms with Crippen molar-refractivity contribution < 1.29 is 9.21 Å². The Morgan fingerprint density at radius 1 is 1.15 bits per heavy atom. The number of amides is 1. The van der Waals surface area contributed by atoms with E-state index in [9.17, 15) is 9.59 Å². The lowest BCUT2D eigenvalue weighted by Crippen LogP contribution is -2.34. The smallest absolute Gasteiger partial charge is 0.287 e. The van der Waals surface area contributed by atoms with Gasteiger partial charge in [0.2, 0.25) is 0 Å². The van der Waals surface area contributed by atoms with Gasteiger partial charge in [-0.15, -0.1) is 0 Å². The topological polar surface area (TPSA) is 62.6 Å². The van der Waals surface area contributed by atoms with Crippen LogP contribution in [0.3, 0.4) is 0 Å². The first-order valence-corrected chi connectivity index (χ1v) is 9.39. The SMILES string of the molecule is Cc1ccc([C@@H](CNC(=O)c2cc(=O)c3ccc(Br)cc3o2)N(C)C)cc1. The van der Waals surface area contributed by atoms with E-state index in [-0.39, 0.29) is 17.2 Å². The van der Waals surface area contributed by atoms with Crippen LogP contribution in [0.4, 0.5) is 0 Å². The lowest BCUT2D eigenvalue weighted by molar-refractivity contribution is 0.0914. The van der Waals surface area contributed by atoms with Crippen LogP contribution in [-0.4, -0.2) is 31.4 Å². The molecule has 3 aromatic rings. The Bertz CT molecular complexity index is 1030.